The Morgan fingerprint density at radius 1 is 1.45 bits per heavy atom. The monoisotopic (exact) mass is 277 g/mol. The molecular weight excluding hydrogens is 254 g/mol. The van der Waals surface area contributed by atoms with Crippen LogP contribution in [0.25, 0.3) is 0 Å². The minimum atomic E-state index is -0.299. The molecule has 1 aromatic carbocycles. The first kappa shape index (κ1) is 14.9. The van der Waals surface area contributed by atoms with Gasteiger partial charge in [-0.15, -0.1) is 0 Å². The third-order valence-corrected chi connectivity index (χ3v) is 3.70. The summed E-state index contributed by atoms with van der Waals surface area (Å²) >= 11 is 0. The maximum atomic E-state index is 11.5. The first-order valence-electron chi connectivity index (χ1n) is 7.01. The van der Waals surface area contributed by atoms with Crippen LogP contribution in [0, 0.1) is 6.92 Å². The lowest BCUT2D eigenvalue weighted by molar-refractivity contribution is -0.0553. The van der Waals surface area contributed by atoms with Crippen LogP contribution < -0.4 is 5.32 Å². The third kappa shape index (κ3) is 3.51. The molecule has 110 valence electrons. The number of aryl methyl sites for hydroxylation is 1. The summed E-state index contributed by atoms with van der Waals surface area (Å²) in [5, 5.41) is 3.56. The molecule has 0 saturated carbocycles. The normalized spacial score (nSPS) is 21.3. The van der Waals surface area contributed by atoms with Gasteiger partial charge in [-0.1, -0.05) is 0 Å². The van der Waals surface area contributed by atoms with Crippen molar-refractivity contribution < 1.29 is 14.3 Å². The number of carbonyl (C=O) groups is 1. The van der Waals surface area contributed by atoms with Crippen molar-refractivity contribution >= 4 is 11.7 Å². The zero-order chi connectivity index (χ0) is 14.8. The standard InChI is InChI=1S/C16H23NO3/c1-11-9-12(15(18)19-4)5-6-14(11)17-13-7-8-20-16(2,3)10-13/h5-6,9,13,17H,7-8,10H2,1-4H3. The molecule has 4 heteroatoms. The van der Waals surface area contributed by atoms with Crippen LogP contribution in [-0.2, 0) is 9.47 Å². The van der Waals surface area contributed by atoms with Crippen LogP contribution in [-0.4, -0.2) is 31.3 Å². The first-order valence-corrected chi connectivity index (χ1v) is 7.01. The summed E-state index contributed by atoms with van der Waals surface area (Å²) in [5.74, 6) is -0.299. The van der Waals surface area contributed by atoms with E-state index < -0.39 is 0 Å². The van der Waals surface area contributed by atoms with Gasteiger partial charge in [-0.25, -0.2) is 4.79 Å². The molecule has 1 aliphatic heterocycles. The van der Waals surface area contributed by atoms with E-state index in [1.165, 1.54) is 7.11 Å². The molecule has 0 radical (unpaired) electrons. The van der Waals surface area contributed by atoms with Crippen molar-refractivity contribution in [2.24, 2.45) is 0 Å². The Morgan fingerprint density at radius 2 is 2.20 bits per heavy atom. The number of benzene rings is 1. The number of carbonyl (C=O) groups excluding carboxylic acids is 1. The van der Waals surface area contributed by atoms with Crippen molar-refractivity contribution in [3.05, 3.63) is 29.3 Å². The van der Waals surface area contributed by atoms with E-state index in [1.54, 1.807) is 6.07 Å². The lowest BCUT2D eigenvalue weighted by Crippen LogP contribution is -2.40. The van der Waals surface area contributed by atoms with Crippen LogP contribution in [0.3, 0.4) is 0 Å². The van der Waals surface area contributed by atoms with Crippen LogP contribution in [0.15, 0.2) is 18.2 Å². The molecule has 1 N–H and O–H groups in total. The van der Waals surface area contributed by atoms with Crippen LogP contribution in [0.1, 0.15) is 42.6 Å². The van der Waals surface area contributed by atoms with E-state index in [4.69, 9.17) is 9.47 Å². The third-order valence-electron chi connectivity index (χ3n) is 3.70. The molecule has 1 aromatic rings. The Labute approximate surface area is 120 Å². The summed E-state index contributed by atoms with van der Waals surface area (Å²) in [5.41, 5.74) is 2.64. The molecule has 2 rings (SSSR count). The van der Waals surface area contributed by atoms with Crippen LogP contribution >= 0.6 is 0 Å². The van der Waals surface area contributed by atoms with Crippen molar-refractivity contribution in [3.63, 3.8) is 0 Å². The van der Waals surface area contributed by atoms with Crippen molar-refractivity contribution in [2.45, 2.75) is 45.3 Å². The van der Waals surface area contributed by atoms with E-state index in [-0.39, 0.29) is 11.6 Å². The molecule has 1 heterocycles. The Bertz CT molecular complexity index is 496. The van der Waals surface area contributed by atoms with Crippen molar-refractivity contribution in [2.75, 3.05) is 19.0 Å². The minimum Gasteiger partial charge on any atom is -0.465 e. The number of rotatable bonds is 3. The molecule has 1 atom stereocenters. The molecule has 1 saturated heterocycles. The van der Waals surface area contributed by atoms with Crippen molar-refractivity contribution in [1.82, 2.24) is 0 Å². The lowest BCUT2D eigenvalue weighted by Gasteiger charge is -2.36. The van der Waals surface area contributed by atoms with Gasteiger partial charge in [0.25, 0.3) is 0 Å². The molecule has 0 amide bonds. The number of hydrogen-bond acceptors (Lipinski definition) is 4. The SMILES string of the molecule is COC(=O)c1ccc(NC2CCOC(C)(C)C2)c(C)c1. The zero-order valence-corrected chi connectivity index (χ0v) is 12.7. The summed E-state index contributed by atoms with van der Waals surface area (Å²) in [6.07, 6.45) is 1.98. The largest absolute Gasteiger partial charge is 0.465 e. The summed E-state index contributed by atoms with van der Waals surface area (Å²) in [4.78, 5) is 11.5. The average molecular weight is 277 g/mol. The van der Waals surface area contributed by atoms with Gasteiger partial charge in [-0.3, -0.25) is 0 Å². The number of esters is 1. The van der Waals surface area contributed by atoms with Gasteiger partial charge in [-0.2, -0.15) is 0 Å². The minimum absolute atomic E-state index is 0.0736. The van der Waals surface area contributed by atoms with Gasteiger partial charge in [0.15, 0.2) is 0 Å². The van der Waals surface area contributed by atoms with E-state index in [0.717, 1.165) is 30.7 Å². The molecule has 4 nitrogen and oxygen atoms in total. The van der Waals surface area contributed by atoms with E-state index in [2.05, 4.69) is 19.2 Å². The van der Waals surface area contributed by atoms with Gasteiger partial charge in [0.05, 0.1) is 18.3 Å². The second-order valence-electron chi connectivity index (χ2n) is 5.96. The Balaban J connectivity index is 2.08. The Morgan fingerprint density at radius 3 is 2.80 bits per heavy atom. The Kier molecular flexibility index (Phi) is 4.33. The predicted molar refractivity (Wildman–Crippen MR) is 79.2 cm³/mol. The van der Waals surface area contributed by atoms with Gasteiger partial charge in [-0.05, 0) is 57.4 Å². The molecule has 1 unspecified atom stereocenters. The van der Waals surface area contributed by atoms with Gasteiger partial charge < -0.3 is 14.8 Å². The fourth-order valence-electron chi connectivity index (χ4n) is 2.65. The first-order chi connectivity index (χ1) is 9.41. The lowest BCUT2D eigenvalue weighted by atomic mass is 9.93. The number of anilines is 1. The van der Waals surface area contributed by atoms with E-state index in [9.17, 15) is 4.79 Å². The van der Waals surface area contributed by atoms with Gasteiger partial charge in [0, 0.05) is 18.3 Å². The van der Waals surface area contributed by atoms with Gasteiger partial charge >= 0.3 is 5.97 Å². The van der Waals surface area contributed by atoms with Gasteiger partial charge in [0.1, 0.15) is 0 Å². The number of ether oxygens (including phenoxy) is 2. The Hall–Kier alpha value is -1.55. The predicted octanol–water partition coefficient (Wildman–Crippen LogP) is 3.15. The summed E-state index contributed by atoms with van der Waals surface area (Å²) in [7, 11) is 1.40. The van der Waals surface area contributed by atoms with Crippen LogP contribution in [0.4, 0.5) is 5.69 Å². The van der Waals surface area contributed by atoms with E-state index in [1.807, 2.05) is 19.1 Å². The molecule has 0 aromatic heterocycles. The van der Waals surface area contributed by atoms with E-state index >= 15 is 0 Å². The molecule has 0 bridgehead atoms. The van der Waals surface area contributed by atoms with Gasteiger partial charge in [0.2, 0.25) is 0 Å². The molecular formula is C16H23NO3. The highest BCUT2D eigenvalue weighted by molar-refractivity contribution is 5.90. The fourth-order valence-corrected chi connectivity index (χ4v) is 2.65. The molecule has 1 fully saturated rings. The summed E-state index contributed by atoms with van der Waals surface area (Å²) in [6.45, 7) is 7.02. The number of hydrogen-bond donors (Lipinski definition) is 1. The van der Waals surface area contributed by atoms with E-state index in [0.29, 0.717) is 11.6 Å². The summed E-state index contributed by atoms with van der Waals surface area (Å²) in [6, 6.07) is 6.01. The highest BCUT2D eigenvalue weighted by Gasteiger charge is 2.28. The molecule has 0 aliphatic carbocycles. The zero-order valence-electron chi connectivity index (χ0n) is 12.7. The molecule has 20 heavy (non-hydrogen) atoms. The second kappa shape index (κ2) is 5.83. The smallest absolute Gasteiger partial charge is 0.337 e. The highest BCUT2D eigenvalue weighted by atomic mass is 16.5. The number of nitrogens with one attached hydrogen (secondary N) is 1. The maximum absolute atomic E-state index is 11.5. The second-order valence-corrected chi connectivity index (χ2v) is 5.96. The van der Waals surface area contributed by atoms with Crippen LogP contribution in [0.5, 0.6) is 0 Å². The fraction of sp³-hybridized carbons (Fsp3) is 0.562. The van der Waals surface area contributed by atoms with Crippen molar-refractivity contribution in [3.8, 4) is 0 Å². The maximum Gasteiger partial charge on any atom is 0.337 e. The topological polar surface area (TPSA) is 47.6 Å². The summed E-state index contributed by atoms with van der Waals surface area (Å²) < 4.78 is 10.5. The molecule has 1 aliphatic rings. The van der Waals surface area contributed by atoms with Crippen molar-refractivity contribution in [1.29, 1.82) is 0 Å². The number of methoxy groups -OCH3 is 1. The quantitative estimate of drug-likeness (QED) is 0.862. The van der Waals surface area contributed by atoms with Crippen LogP contribution in [0.2, 0.25) is 0 Å². The highest BCUT2D eigenvalue weighted by Crippen LogP contribution is 2.27. The average Bonchev–Trinajstić information content (AvgIpc) is 2.39. The molecule has 0 spiro atoms.